The highest BCUT2D eigenvalue weighted by atomic mass is 79.9. The minimum absolute atomic E-state index is 0.0711. The number of piperidine rings is 1. The Hall–Kier alpha value is -1.76. The summed E-state index contributed by atoms with van der Waals surface area (Å²) in [6.45, 7) is 1.97. The van der Waals surface area contributed by atoms with E-state index in [2.05, 4.69) is 25.5 Å². The van der Waals surface area contributed by atoms with Gasteiger partial charge in [-0.15, -0.1) is 0 Å². The van der Waals surface area contributed by atoms with Crippen LogP contribution in [0.2, 0.25) is 10.0 Å². The fourth-order valence-electron chi connectivity index (χ4n) is 3.59. The summed E-state index contributed by atoms with van der Waals surface area (Å²) in [5.74, 6) is 1.60. The van der Waals surface area contributed by atoms with Gasteiger partial charge in [-0.3, -0.25) is 4.79 Å². The number of rotatable bonds is 4. The Bertz CT molecular complexity index is 993. The predicted molar refractivity (Wildman–Crippen MR) is 112 cm³/mol. The lowest BCUT2D eigenvalue weighted by Gasteiger charge is -2.31. The Morgan fingerprint density at radius 3 is 2.71 bits per heavy atom. The molecule has 146 valence electrons. The number of nitrogens with zero attached hydrogens (tertiary/aromatic N) is 3. The molecule has 3 aromatic rings. The van der Waals surface area contributed by atoms with Gasteiger partial charge in [-0.2, -0.15) is 0 Å². The van der Waals surface area contributed by atoms with E-state index in [4.69, 9.17) is 27.6 Å². The zero-order valence-corrected chi connectivity index (χ0v) is 18.0. The van der Waals surface area contributed by atoms with Crippen molar-refractivity contribution in [2.45, 2.75) is 25.3 Å². The SMILES string of the molecule is O=C(c1ccc(Br)o1)N1CCC(c2nccn2Cc2cc(Cl)ccc2Cl)CC1. The first-order valence-corrected chi connectivity index (χ1v) is 10.6. The maximum Gasteiger partial charge on any atom is 0.289 e. The van der Waals surface area contributed by atoms with Gasteiger partial charge < -0.3 is 13.9 Å². The van der Waals surface area contributed by atoms with Crippen LogP contribution in [-0.4, -0.2) is 33.4 Å². The minimum atomic E-state index is -0.0711. The summed E-state index contributed by atoms with van der Waals surface area (Å²) in [7, 11) is 0. The second kappa shape index (κ2) is 8.31. The third kappa shape index (κ3) is 4.14. The predicted octanol–water partition coefficient (Wildman–Crippen LogP) is 5.61. The molecule has 1 aromatic carbocycles. The van der Waals surface area contributed by atoms with Gasteiger partial charge in [0.15, 0.2) is 10.4 Å². The quantitative estimate of drug-likeness (QED) is 0.485. The van der Waals surface area contributed by atoms with Gasteiger partial charge in [0.1, 0.15) is 5.82 Å². The fraction of sp³-hybridized carbons (Fsp3) is 0.300. The van der Waals surface area contributed by atoms with Crippen molar-refractivity contribution in [2.75, 3.05) is 13.1 Å². The number of carbonyl (C=O) groups excluding carboxylic acids is 1. The van der Waals surface area contributed by atoms with Crippen LogP contribution >= 0.6 is 39.1 Å². The maximum atomic E-state index is 12.5. The third-order valence-electron chi connectivity index (χ3n) is 5.03. The van der Waals surface area contributed by atoms with Crippen LogP contribution < -0.4 is 0 Å². The van der Waals surface area contributed by atoms with Crippen molar-refractivity contribution in [3.63, 3.8) is 0 Å². The molecule has 0 unspecified atom stereocenters. The molecule has 0 N–H and O–H groups in total. The molecule has 0 atom stereocenters. The van der Waals surface area contributed by atoms with Crippen LogP contribution in [0.3, 0.4) is 0 Å². The molecule has 3 heterocycles. The summed E-state index contributed by atoms with van der Waals surface area (Å²) in [4.78, 5) is 19.0. The van der Waals surface area contributed by atoms with Crippen molar-refractivity contribution in [3.8, 4) is 0 Å². The summed E-state index contributed by atoms with van der Waals surface area (Å²) in [5, 5.41) is 1.35. The summed E-state index contributed by atoms with van der Waals surface area (Å²) >= 11 is 15.7. The lowest BCUT2D eigenvalue weighted by atomic mass is 9.95. The Morgan fingerprint density at radius 2 is 2.00 bits per heavy atom. The fourth-order valence-corrected chi connectivity index (χ4v) is 4.27. The van der Waals surface area contributed by atoms with E-state index in [0.29, 0.717) is 46.0 Å². The summed E-state index contributed by atoms with van der Waals surface area (Å²) < 4.78 is 8.07. The molecule has 0 bridgehead atoms. The number of hydrogen-bond donors (Lipinski definition) is 0. The molecule has 0 radical (unpaired) electrons. The van der Waals surface area contributed by atoms with Gasteiger partial charge in [-0.25, -0.2) is 4.98 Å². The third-order valence-corrected chi connectivity index (χ3v) is 6.06. The minimum Gasteiger partial charge on any atom is -0.444 e. The van der Waals surface area contributed by atoms with Gasteiger partial charge >= 0.3 is 0 Å². The van der Waals surface area contributed by atoms with Gasteiger partial charge in [0.05, 0.1) is 6.54 Å². The van der Waals surface area contributed by atoms with Crippen molar-refractivity contribution >= 4 is 45.0 Å². The van der Waals surface area contributed by atoms with Gasteiger partial charge in [0.2, 0.25) is 0 Å². The molecule has 1 amide bonds. The molecular weight excluding hydrogens is 465 g/mol. The zero-order valence-electron chi connectivity index (χ0n) is 14.9. The van der Waals surface area contributed by atoms with Crippen molar-refractivity contribution < 1.29 is 9.21 Å². The van der Waals surface area contributed by atoms with Crippen molar-refractivity contribution in [1.29, 1.82) is 0 Å². The first-order valence-electron chi connectivity index (χ1n) is 9.01. The number of halogens is 3. The van der Waals surface area contributed by atoms with Gasteiger partial charge in [0, 0.05) is 41.4 Å². The summed E-state index contributed by atoms with van der Waals surface area (Å²) in [5.41, 5.74) is 0.962. The first kappa shape index (κ1) is 19.6. The smallest absolute Gasteiger partial charge is 0.289 e. The number of imidazole rings is 1. The number of likely N-dealkylation sites (tertiary alicyclic amines) is 1. The molecule has 1 fully saturated rings. The highest BCUT2D eigenvalue weighted by molar-refractivity contribution is 9.10. The number of hydrogen-bond acceptors (Lipinski definition) is 3. The average Bonchev–Trinajstić information content (AvgIpc) is 3.33. The first-order chi connectivity index (χ1) is 13.5. The van der Waals surface area contributed by atoms with E-state index in [1.54, 1.807) is 18.2 Å². The lowest BCUT2D eigenvalue weighted by Crippen LogP contribution is -2.38. The molecule has 0 saturated carbocycles. The Kier molecular flexibility index (Phi) is 5.80. The van der Waals surface area contributed by atoms with Crippen molar-refractivity contribution in [3.05, 3.63) is 74.6 Å². The number of furan rings is 1. The monoisotopic (exact) mass is 481 g/mol. The van der Waals surface area contributed by atoms with Crippen LogP contribution in [0, 0.1) is 0 Å². The van der Waals surface area contributed by atoms with Gasteiger partial charge in [-0.05, 0) is 64.7 Å². The van der Waals surface area contributed by atoms with E-state index < -0.39 is 0 Å². The molecule has 1 saturated heterocycles. The summed E-state index contributed by atoms with van der Waals surface area (Å²) in [6, 6.07) is 8.91. The van der Waals surface area contributed by atoms with Gasteiger partial charge in [0.25, 0.3) is 5.91 Å². The largest absolute Gasteiger partial charge is 0.444 e. The number of carbonyl (C=O) groups is 1. The van der Waals surface area contributed by atoms with Crippen LogP contribution in [0.4, 0.5) is 0 Å². The molecule has 0 aliphatic carbocycles. The van der Waals surface area contributed by atoms with E-state index in [-0.39, 0.29) is 5.91 Å². The van der Waals surface area contributed by atoms with E-state index in [1.165, 1.54) is 0 Å². The van der Waals surface area contributed by atoms with Gasteiger partial charge in [-0.1, -0.05) is 23.2 Å². The molecule has 2 aromatic heterocycles. The normalized spacial score (nSPS) is 15.2. The standard InChI is InChI=1S/C20H18BrCl2N3O2/c21-18-4-3-17(28-18)20(27)25-8-5-13(6-9-25)19-24-7-10-26(19)12-14-11-15(22)1-2-16(14)23/h1-4,7,10-11,13H,5-6,8-9,12H2. The van der Waals surface area contributed by atoms with Crippen LogP contribution in [0.15, 0.2) is 51.8 Å². The Balaban J connectivity index is 1.44. The molecule has 28 heavy (non-hydrogen) atoms. The Morgan fingerprint density at radius 1 is 1.21 bits per heavy atom. The topological polar surface area (TPSA) is 51.3 Å². The van der Waals surface area contributed by atoms with Crippen LogP contribution in [0.1, 0.15) is 40.7 Å². The molecule has 8 heteroatoms. The van der Waals surface area contributed by atoms with Crippen molar-refractivity contribution in [1.82, 2.24) is 14.5 Å². The maximum absolute atomic E-state index is 12.5. The van der Waals surface area contributed by atoms with E-state index in [9.17, 15) is 4.79 Å². The molecule has 4 rings (SSSR count). The summed E-state index contributed by atoms with van der Waals surface area (Å²) in [6.07, 6.45) is 5.48. The second-order valence-corrected chi connectivity index (χ2v) is 8.44. The molecule has 0 spiro atoms. The molecule has 5 nitrogen and oxygen atoms in total. The van der Waals surface area contributed by atoms with Crippen LogP contribution in [0.25, 0.3) is 0 Å². The number of amides is 1. The average molecular weight is 483 g/mol. The molecule has 1 aliphatic heterocycles. The molecular formula is C20H18BrCl2N3O2. The zero-order chi connectivity index (χ0) is 19.7. The highest BCUT2D eigenvalue weighted by Crippen LogP contribution is 2.29. The van der Waals surface area contributed by atoms with E-state index >= 15 is 0 Å². The number of benzene rings is 1. The van der Waals surface area contributed by atoms with E-state index in [0.717, 1.165) is 24.2 Å². The number of aromatic nitrogens is 2. The Labute approximate surface area is 181 Å². The lowest BCUT2D eigenvalue weighted by molar-refractivity contribution is 0.0677. The second-order valence-electron chi connectivity index (χ2n) is 6.82. The van der Waals surface area contributed by atoms with Crippen LogP contribution in [0.5, 0.6) is 0 Å². The van der Waals surface area contributed by atoms with Crippen molar-refractivity contribution in [2.24, 2.45) is 0 Å². The van der Waals surface area contributed by atoms with Crippen LogP contribution in [-0.2, 0) is 6.54 Å². The highest BCUT2D eigenvalue weighted by Gasteiger charge is 2.28. The molecule has 1 aliphatic rings. The van der Waals surface area contributed by atoms with E-state index in [1.807, 2.05) is 29.4 Å².